The van der Waals surface area contributed by atoms with Gasteiger partial charge >= 0.3 is 5.97 Å². The van der Waals surface area contributed by atoms with Crippen molar-refractivity contribution in [3.8, 4) is 5.75 Å². The molecule has 15 nitrogen and oxygen atoms in total. The number of phenolic OH excluding ortho intramolecular Hbond substituents is 1. The van der Waals surface area contributed by atoms with Crippen LogP contribution in [0.4, 0.5) is 0 Å². The smallest absolute Gasteiger partial charge is 0.342 e. The summed E-state index contributed by atoms with van der Waals surface area (Å²) in [6.07, 6.45) is -16.9. The van der Waals surface area contributed by atoms with E-state index in [1.54, 1.807) is 0 Å². The van der Waals surface area contributed by atoms with E-state index in [4.69, 9.17) is 24.5 Å². The van der Waals surface area contributed by atoms with Gasteiger partial charge in [0.25, 0.3) is 0 Å². The van der Waals surface area contributed by atoms with Gasteiger partial charge in [-0.05, 0) is 28.0 Å². The largest absolute Gasteiger partial charge is 0.507 e. The van der Waals surface area contributed by atoms with E-state index in [9.17, 15) is 40.5 Å². The molecule has 42 heavy (non-hydrogen) atoms. The van der Waals surface area contributed by atoms with Gasteiger partial charge in [0, 0.05) is 10.5 Å². The van der Waals surface area contributed by atoms with E-state index in [0.29, 0.717) is 5.56 Å². The molecule has 0 amide bonds. The highest BCUT2D eigenvalue weighted by Gasteiger charge is 2.50. The summed E-state index contributed by atoms with van der Waals surface area (Å²) in [5.74, 6) is -1.19. The molecular formula is C27H41N3O12. The Morgan fingerprint density at radius 3 is 1.88 bits per heavy atom. The van der Waals surface area contributed by atoms with Crippen LogP contribution < -0.4 is 0 Å². The van der Waals surface area contributed by atoms with Crippen LogP contribution in [0.15, 0.2) is 17.2 Å². The van der Waals surface area contributed by atoms with Crippen LogP contribution in [0.1, 0.15) is 63.0 Å². The molecule has 0 unspecified atom stereocenters. The first-order valence-electron chi connectivity index (χ1n) is 13.5. The van der Waals surface area contributed by atoms with Gasteiger partial charge in [-0.15, -0.1) is 0 Å². The molecule has 1 aromatic carbocycles. The molecule has 0 bridgehead atoms. The first-order chi connectivity index (χ1) is 19.4. The summed E-state index contributed by atoms with van der Waals surface area (Å²) in [4.78, 5) is 15.7. The van der Waals surface area contributed by atoms with Gasteiger partial charge in [0.1, 0.15) is 60.6 Å². The fraction of sp³-hybridized carbons (Fsp3) is 0.741. The van der Waals surface area contributed by atoms with Gasteiger partial charge in [0.15, 0.2) is 12.6 Å². The monoisotopic (exact) mass is 599 g/mol. The molecule has 2 fully saturated rings. The lowest BCUT2D eigenvalue weighted by molar-refractivity contribution is -0.374. The summed E-state index contributed by atoms with van der Waals surface area (Å²) in [6, 6.07) is 3.35. The Morgan fingerprint density at radius 1 is 0.857 bits per heavy atom. The Hall–Kier alpha value is -2.56. The highest BCUT2D eigenvalue weighted by Crippen LogP contribution is 2.38. The number of esters is 1. The van der Waals surface area contributed by atoms with E-state index < -0.39 is 85.9 Å². The first kappa shape index (κ1) is 33.9. The minimum atomic E-state index is -1.87. The number of phenols is 1. The van der Waals surface area contributed by atoms with Gasteiger partial charge in [0.05, 0.1) is 12.6 Å². The van der Waals surface area contributed by atoms with Gasteiger partial charge in [-0.2, -0.15) is 0 Å². The fourth-order valence-electron chi connectivity index (χ4n) is 4.63. The van der Waals surface area contributed by atoms with Gasteiger partial charge in [-0.3, -0.25) is 0 Å². The Labute approximate surface area is 242 Å². The Balaban J connectivity index is 1.78. The summed E-state index contributed by atoms with van der Waals surface area (Å²) in [5, 5.41) is 76.2. The molecule has 0 aliphatic carbocycles. The predicted octanol–water partition coefficient (Wildman–Crippen LogP) is 0.0861. The summed E-state index contributed by atoms with van der Waals surface area (Å²) >= 11 is 0. The van der Waals surface area contributed by atoms with Crippen LogP contribution in [0.2, 0.25) is 0 Å². The molecular weight excluding hydrogens is 558 g/mol. The summed E-state index contributed by atoms with van der Waals surface area (Å²) in [5.41, 5.74) is 8.86. The Kier molecular flexibility index (Phi) is 10.5. The van der Waals surface area contributed by atoms with Crippen molar-refractivity contribution >= 4 is 5.97 Å². The number of azide groups is 1. The van der Waals surface area contributed by atoms with Crippen LogP contribution in [0, 0.1) is 0 Å². The molecule has 236 valence electrons. The summed E-state index contributed by atoms with van der Waals surface area (Å²) in [7, 11) is 0. The SMILES string of the molecule is CC(C)(C)c1cc(C(=O)OC[C@H]2O[C@H](O[C@H]3O[C@H](CN=[N+]=[N-])[C@@H](O)[C@H](O)[C@H]3O)[C@H](O)[C@@H](O)[C@@H]2O)c(O)c(C(C)(C)C)c1. The van der Waals surface area contributed by atoms with Crippen LogP contribution in [0.3, 0.4) is 0 Å². The molecule has 10 atom stereocenters. The average Bonchev–Trinajstić information content (AvgIpc) is 2.90. The van der Waals surface area contributed by atoms with E-state index in [1.165, 1.54) is 6.07 Å². The van der Waals surface area contributed by atoms with Crippen molar-refractivity contribution in [2.45, 2.75) is 114 Å². The Morgan fingerprint density at radius 2 is 1.38 bits per heavy atom. The van der Waals surface area contributed by atoms with Crippen molar-refractivity contribution < 1.29 is 59.5 Å². The zero-order valence-corrected chi connectivity index (χ0v) is 24.4. The lowest BCUT2D eigenvalue weighted by Crippen LogP contribution is -2.63. The second kappa shape index (κ2) is 13.0. The number of carbonyl (C=O) groups excluding carboxylic acids is 1. The lowest BCUT2D eigenvalue weighted by Gasteiger charge is -2.44. The number of hydrogen-bond acceptors (Lipinski definition) is 13. The van der Waals surface area contributed by atoms with Gasteiger partial charge in [0.2, 0.25) is 0 Å². The molecule has 0 radical (unpaired) electrons. The molecule has 0 saturated carbocycles. The maximum atomic E-state index is 13.1. The zero-order valence-electron chi connectivity index (χ0n) is 24.4. The first-order valence-corrected chi connectivity index (χ1v) is 13.5. The maximum absolute atomic E-state index is 13.1. The van der Waals surface area contributed by atoms with Crippen molar-refractivity contribution in [2.24, 2.45) is 5.11 Å². The van der Waals surface area contributed by atoms with Crippen molar-refractivity contribution in [1.29, 1.82) is 0 Å². The molecule has 1 aromatic rings. The third kappa shape index (κ3) is 7.32. The van der Waals surface area contributed by atoms with Crippen LogP contribution in [0.25, 0.3) is 10.4 Å². The van der Waals surface area contributed by atoms with E-state index in [0.717, 1.165) is 5.56 Å². The lowest BCUT2D eigenvalue weighted by atomic mass is 9.79. The van der Waals surface area contributed by atoms with Crippen LogP contribution in [-0.4, -0.2) is 116 Å². The van der Waals surface area contributed by atoms with Crippen molar-refractivity contribution in [3.63, 3.8) is 0 Å². The number of hydrogen-bond donors (Lipinski definition) is 7. The van der Waals surface area contributed by atoms with E-state index >= 15 is 0 Å². The normalized spacial score (nSPS) is 34.0. The minimum Gasteiger partial charge on any atom is -0.507 e. The van der Waals surface area contributed by atoms with Gasteiger partial charge < -0.3 is 54.7 Å². The quantitative estimate of drug-likeness (QED) is 0.0954. The molecule has 2 heterocycles. The number of ether oxygens (including phenoxy) is 4. The van der Waals surface area contributed by atoms with Gasteiger partial charge in [-0.25, -0.2) is 4.79 Å². The van der Waals surface area contributed by atoms with E-state index in [-0.39, 0.29) is 16.7 Å². The number of aromatic hydroxyl groups is 1. The Bertz CT molecular complexity index is 1160. The molecule has 0 spiro atoms. The van der Waals surface area contributed by atoms with Crippen molar-refractivity contribution in [3.05, 3.63) is 39.3 Å². The number of aliphatic hydroxyl groups excluding tert-OH is 6. The number of benzene rings is 1. The third-order valence-corrected chi connectivity index (χ3v) is 7.31. The highest BCUT2D eigenvalue weighted by molar-refractivity contribution is 5.93. The van der Waals surface area contributed by atoms with Crippen molar-refractivity contribution in [2.75, 3.05) is 13.2 Å². The number of aliphatic hydroxyl groups is 6. The average molecular weight is 600 g/mol. The van der Waals surface area contributed by atoms with Crippen LogP contribution in [0.5, 0.6) is 5.75 Å². The molecule has 15 heteroatoms. The van der Waals surface area contributed by atoms with E-state index in [2.05, 4.69) is 10.0 Å². The second-order valence-corrected chi connectivity index (χ2v) is 12.6. The van der Waals surface area contributed by atoms with E-state index in [1.807, 2.05) is 47.6 Å². The van der Waals surface area contributed by atoms with Crippen molar-refractivity contribution in [1.82, 2.24) is 0 Å². The van der Waals surface area contributed by atoms with Gasteiger partial charge in [-0.1, -0.05) is 52.7 Å². The molecule has 2 aliphatic rings. The molecule has 2 saturated heterocycles. The third-order valence-electron chi connectivity index (χ3n) is 7.31. The molecule has 2 aliphatic heterocycles. The van der Waals surface area contributed by atoms with Crippen LogP contribution >= 0.6 is 0 Å². The van der Waals surface area contributed by atoms with Crippen LogP contribution in [-0.2, 0) is 29.8 Å². The summed E-state index contributed by atoms with van der Waals surface area (Å²) in [6.45, 7) is 10.4. The second-order valence-electron chi connectivity index (χ2n) is 12.6. The number of rotatable bonds is 7. The minimum absolute atomic E-state index is 0.108. The standard InChI is InChI=1S/C27H41N3O12/c1-26(2,3)11-7-12(16(31)13(8-11)27(4,5)6)23(38)39-10-15-18(33)20(35)22(37)25(41-15)42-24-21(36)19(34)17(32)14(40-24)9-29-30-28/h7-8,14-15,17-22,24-25,31-37H,9-10H2,1-6H3/t14-,15-,17-,18-,19+,20+,21-,22-,24-,25-/m1/s1. The molecule has 7 N–H and O–H groups in total. The summed E-state index contributed by atoms with van der Waals surface area (Å²) < 4.78 is 21.7. The number of carbonyl (C=O) groups is 1. The highest BCUT2D eigenvalue weighted by atomic mass is 16.8. The molecule has 0 aromatic heterocycles. The topological polar surface area (TPSA) is 244 Å². The maximum Gasteiger partial charge on any atom is 0.342 e. The predicted molar refractivity (Wildman–Crippen MR) is 144 cm³/mol. The zero-order chi connectivity index (χ0) is 31.7. The molecule has 3 rings (SSSR count). The fourth-order valence-corrected chi connectivity index (χ4v) is 4.63. The number of nitrogens with zero attached hydrogens (tertiary/aromatic N) is 3.